The van der Waals surface area contributed by atoms with E-state index >= 15 is 0 Å². The zero-order valence-electron chi connectivity index (χ0n) is 12.2. The Bertz CT molecular complexity index is 648. The molecule has 2 fully saturated rings. The molecule has 1 N–H and O–H groups in total. The largest absolute Gasteiger partial charge is 0.573 e. The second kappa shape index (κ2) is 5.17. The Morgan fingerprint density at radius 3 is 2.70 bits per heavy atom. The summed E-state index contributed by atoms with van der Waals surface area (Å²) < 4.78 is 55.4. The minimum atomic E-state index is -5.04. The molecule has 23 heavy (non-hydrogen) atoms. The van der Waals surface area contributed by atoms with E-state index in [2.05, 4.69) is 4.74 Å². The predicted molar refractivity (Wildman–Crippen MR) is 70.1 cm³/mol. The Balaban J connectivity index is 2.10. The summed E-state index contributed by atoms with van der Waals surface area (Å²) in [5, 5.41) is 10.8. The Kier molecular flexibility index (Phi) is 3.64. The van der Waals surface area contributed by atoms with Gasteiger partial charge in [0.05, 0.1) is 0 Å². The van der Waals surface area contributed by atoms with E-state index in [9.17, 15) is 27.6 Å². The van der Waals surface area contributed by atoms with Crippen molar-refractivity contribution >= 4 is 5.78 Å². The summed E-state index contributed by atoms with van der Waals surface area (Å²) in [6.07, 6.45) is -4.29. The molecule has 1 aliphatic carbocycles. The van der Waals surface area contributed by atoms with Gasteiger partial charge in [0.2, 0.25) is 0 Å². The van der Waals surface area contributed by atoms with Gasteiger partial charge in [-0.05, 0) is 18.4 Å². The third-order valence-electron chi connectivity index (χ3n) is 4.85. The smallest absolute Gasteiger partial charge is 0.403 e. The first-order chi connectivity index (χ1) is 10.7. The van der Waals surface area contributed by atoms with E-state index in [1.807, 2.05) is 6.92 Å². The molecule has 8 heteroatoms. The van der Waals surface area contributed by atoms with E-state index in [0.717, 1.165) is 11.1 Å². The number of benzene rings is 1. The van der Waals surface area contributed by atoms with Crippen LogP contribution in [0.15, 0.2) is 18.2 Å². The van der Waals surface area contributed by atoms with Crippen LogP contribution in [0.4, 0.5) is 17.6 Å². The molecule has 1 heterocycles. The molecule has 1 aromatic rings. The van der Waals surface area contributed by atoms with Gasteiger partial charge in [0.15, 0.2) is 17.3 Å². The SMILES string of the molecule is CC1CCC(=O)C2(c3cccc(OC(F)(F)F)c3F)C1CN2O. The van der Waals surface area contributed by atoms with Crippen molar-refractivity contribution in [1.29, 1.82) is 0 Å². The molecular weight excluding hydrogens is 318 g/mol. The molecule has 0 bridgehead atoms. The fourth-order valence-corrected chi connectivity index (χ4v) is 3.73. The van der Waals surface area contributed by atoms with Crippen LogP contribution < -0.4 is 4.74 Å². The van der Waals surface area contributed by atoms with Crippen LogP contribution in [-0.2, 0) is 10.3 Å². The number of hydroxylamine groups is 2. The van der Waals surface area contributed by atoms with Crippen molar-refractivity contribution in [1.82, 2.24) is 5.06 Å². The molecule has 4 nitrogen and oxygen atoms in total. The fourth-order valence-electron chi connectivity index (χ4n) is 3.73. The number of Topliss-reactive ketones (excluding diaryl/α,β-unsaturated/α-hetero) is 1. The Morgan fingerprint density at radius 2 is 2.09 bits per heavy atom. The lowest BCUT2D eigenvalue weighted by molar-refractivity contribution is -0.283. The van der Waals surface area contributed by atoms with Gasteiger partial charge in [-0.25, -0.2) is 4.39 Å². The van der Waals surface area contributed by atoms with Crippen LogP contribution in [0.25, 0.3) is 0 Å². The van der Waals surface area contributed by atoms with Gasteiger partial charge in [-0.15, -0.1) is 13.2 Å². The summed E-state index contributed by atoms with van der Waals surface area (Å²) in [7, 11) is 0. The molecule has 0 spiro atoms. The van der Waals surface area contributed by atoms with Crippen molar-refractivity contribution in [2.45, 2.75) is 31.7 Å². The van der Waals surface area contributed by atoms with Gasteiger partial charge in [0.25, 0.3) is 0 Å². The van der Waals surface area contributed by atoms with Crippen LogP contribution in [-0.4, -0.2) is 29.0 Å². The van der Waals surface area contributed by atoms with Gasteiger partial charge in [-0.3, -0.25) is 4.79 Å². The van der Waals surface area contributed by atoms with Gasteiger partial charge in [0, 0.05) is 24.4 Å². The number of hydrogen-bond acceptors (Lipinski definition) is 4. The second-order valence-corrected chi connectivity index (χ2v) is 6.06. The molecular formula is C15H15F4NO3. The number of rotatable bonds is 2. The van der Waals surface area contributed by atoms with Crippen molar-refractivity contribution in [2.75, 3.05) is 6.54 Å². The highest BCUT2D eigenvalue weighted by molar-refractivity contribution is 5.92. The number of alkyl halides is 3. The van der Waals surface area contributed by atoms with Crippen LogP contribution in [0.5, 0.6) is 5.75 Å². The Morgan fingerprint density at radius 1 is 1.39 bits per heavy atom. The van der Waals surface area contributed by atoms with Gasteiger partial charge >= 0.3 is 6.36 Å². The maximum atomic E-state index is 14.6. The summed E-state index contributed by atoms with van der Waals surface area (Å²) >= 11 is 0. The van der Waals surface area contributed by atoms with Crippen LogP contribution in [0.3, 0.4) is 0 Å². The summed E-state index contributed by atoms with van der Waals surface area (Å²) in [5.41, 5.74) is -1.89. The number of hydrogen-bond donors (Lipinski definition) is 1. The molecule has 3 rings (SSSR count). The van der Waals surface area contributed by atoms with Gasteiger partial charge in [-0.1, -0.05) is 19.1 Å². The maximum absolute atomic E-state index is 14.6. The lowest BCUT2D eigenvalue weighted by Crippen LogP contribution is -2.71. The van der Waals surface area contributed by atoms with Crippen molar-refractivity contribution in [2.24, 2.45) is 11.8 Å². The highest BCUT2D eigenvalue weighted by Crippen LogP contribution is 2.54. The molecule has 0 aromatic heterocycles. The monoisotopic (exact) mass is 333 g/mol. The lowest BCUT2D eigenvalue weighted by atomic mass is 9.58. The standard InChI is InChI=1S/C15H15F4NO3/c1-8-5-6-12(21)14(10(8)7-20(14)22)9-3-2-4-11(13(9)16)23-15(17,18)19/h2-4,8,10,22H,5-7H2,1H3. The molecule has 126 valence electrons. The van der Waals surface area contributed by atoms with Crippen molar-refractivity contribution in [3.63, 3.8) is 0 Å². The average molecular weight is 333 g/mol. The second-order valence-electron chi connectivity index (χ2n) is 6.06. The number of ether oxygens (including phenoxy) is 1. The number of fused-ring (bicyclic) bond motifs is 1. The quantitative estimate of drug-likeness (QED) is 0.844. The maximum Gasteiger partial charge on any atom is 0.573 e. The minimum absolute atomic E-state index is 0.0442. The molecule has 0 amide bonds. The van der Waals surface area contributed by atoms with Gasteiger partial charge in [-0.2, -0.15) is 5.06 Å². The van der Waals surface area contributed by atoms with E-state index < -0.39 is 29.3 Å². The summed E-state index contributed by atoms with van der Waals surface area (Å²) in [5.74, 6) is -2.96. The number of nitrogens with zero attached hydrogens (tertiary/aromatic N) is 1. The van der Waals surface area contributed by atoms with Crippen LogP contribution in [0, 0.1) is 17.7 Å². The molecule has 1 aliphatic heterocycles. The normalized spacial score (nSPS) is 31.5. The predicted octanol–water partition coefficient (Wildman–Crippen LogP) is 3.24. The van der Waals surface area contributed by atoms with Crippen molar-refractivity contribution in [3.05, 3.63) is 29.6 Å². The first-order valence-corrected chi connectivity index (χ1v) is 7.22. The summed E-state index contributed by atoms with van der Waals surface area (Å²) in [6.45, 7) is 2.06. The average Bonchev–Trinajstić information content (AvgIpc) is 2.44. The summed E-state index contributed by atoms with van der Waals surface area (Å²) in [4.78, 5) is 12.5. The van der Waals surface area contributed by atoms with E-state index in [0.29, 0.717) is 6.42 Å². The topological polar surface area (TPSA) is 49.8 Å². The number of halogens is 4. The van der Waals surface area contributed by atoms with E-state index in [-0.39, 0.29) is 30.4 Å². The highest BCUT2D eigenvalue weighted by Gasteiger charge is 2.64. The zero-order valence-corrected chi connectivity index (χ0v) is 12.2. The Labute approximate surface area is 129 Å². The third-order valence-corrected chi connectivity index (χ3v) is 4.85. The van der Waals surface area contributed by atoms with Gasteiger partial charge in [0.1, 0.15) is 5.54 Å². The minimum Gasteiger partial charge on any atom is -0.403 e. The van der Waals surface area contributed by atoms with Crippen molar-refractivity contribution < 1.29 is 32.3 Å². The van der Waals surface area contributed by atoms with Crippen molar-refractivity contribution in [3.8, 4) is 5.75 Å². The summed E-state index contributed by atoms with van der Waals surface area (Å²) in [6, 6.07) is 3.25. The first kappa shape index (κ1) is 16.2. The molecule has 3 unspecified atom stereocenters. The molecule has 1 aromatic carbocycles. The molecule has 3 atom stereocenters. The van der Waals surface area contributed by atoms with E-state index in [1.54, 1.807) is 0 Å². The third kappa shape index (κ3) is 2.31. The number of carbonyl (C=O) groups is 1. The Hall–Kier alpha value is -1.67. The zero-order chi connectivity index (χ0) is 17.0. The number of carbonyl (C=O) groups excluding carboxylic acids is 1. The van der Waals surface area contributed by atoms with E-state index in [4.69, 9.17) is 0 Å². The molecule has 0 radical (unpaired) electrons. The lowest BCUT2D eigenvalue weighted by Gasteiger charge is -2.58. The highest BCUT2D eigenvalue weighted by atomic mass is 19.4. The first-order valence-electron chi connectivity index (χ1n) is 7.22. The van der Waals surface area contributed by atoms with Crippen LogP contribution >= 0.6 is 0 Å². The molecule has 2 aliphatic rings. The van der Waals surface area contributed by atoms with Crippen LogP contribution in [0.1, 0.15) is 25.3 Å². The molecule has 1 saturated heterocycles. The molecule has 1 saturated carbocycles. The van der Waals surface area contributed by atoms with Gasteiger partial charge < -0.3 is 9.94 Å². The van der Waals surface area contributed by atoms with Crippen LogP contribution in [0.2, 0.25) is 0 Å². The van der Waals surface area contributed by atoms with E-state index in [1.165, 1.54) is 12.1 Å². The number of ketones is 1. The fraction of sp³-hybridized carbons (Fsp3) is 0.533.